The molecule has 2 aromatic heterocycles. The number of aromatic carboxylic acids is 1. The van der Waals surface area contributed by atoms with Crippen LogP contribution in [0, 0.1) is 6.92 Å². The van der Waals surface area contributed by atoms with E-state index in [4.69, 9.17) is 4.98 Å². The van der Waals surface area contributed by atoms with Crippen LogP contribution in [-0.4, -0.2) is 41.3 Å². The van der Waals surface area contributed by atoms with E-state index in [1.54, 1.807) is 22.8 Å². The number of nitrogens with one attached hydrogen (secondary N) is 1. The number of carboxylic acids is 1. The molecule has 9 nitrogen and oxygen atoms in total. The molecule has 0 saturated heterocycles. The van der Waals surface area contributed by atoms with Gasteiger partial charge in [-0.25, -0.2) is 9.78 Å². The van der Waals surface area contributed by atoms with Gasteiger partial charge in [0.1, 0.15) is 5.82 Å². The third kappa shape index (κ3) is 4.99. The van der Waals surface area contributed by atoms with Gasteiger partial charge in [0.2, 0.25) is 5.82 Å². The molecule has 9 heteroatoms. The van der Waals surface area contributed by atoms with E-state index in [0.717, 1.165) is 27.8 Å². The van der Waals surface area contributed by atoms with Crippen LogP contribution in [0.5, 0.6) is 0 Å². The molecule has 5 rings (SSSR count). The highest BCUT2D eigenvalue weighted by atomic mass is 16.4. The van der Waals surface area contributed by atoms with Crippen LogP contribution < -0.4 is 5.56 Å². The van der Waals surface area contributed by atoms with E-state index in [9.17, 15) is 14.7 Å². The highest BCUT2D eigenvalue weighted by molar-refractivity contribution is 5.87. The Hall–Kier alpha value is -4.92. The van der Waals surface area contributed by atoms with Crippen molar-refractivity contribution in [1.29, 1.82) is 0 Å². The number of aryl methyl sites for hydroxylation is 2. The number of hydrogen-bond acceptors (Lipinski definition) is 6. The molecule has 2 N–H and O–H groups in total. The maximum absolute atomic E-state index is 13.6. The number of H-pyrrole nitrogens is 1. The Balaban J connectivity index is 1.46. The highest BCUT2D eigenvalue weighted by Crippen LogP contribution is 2.29. The van der Waals surface area contributed by atoms with Crippen LogP contribution in [0.1, 0.15) is 45.5 Å². The summed E-state index contributed by atoms with van der Waals surface area (Å²) in [5.41, 5.74) is 5.89. The molecule has 0 bridgehead atoms. The number of hydrogen-bond donors (Lipinski definition) is 2. The lowest BCUT2D eigenvalue weighted by atomic mass is 9.98. The van der Waals surface area contributed by atoms with Crippen LogP contribution in [0.4, 0.5) is 0 Å². The van der Waals surface area contributed by atoms with Crippen LogP contribution >= 0.6 is 0 Å². The van der Waals surface area contributed by atoms with E-state index in [-0.39, 0.29) is 11.1 Å². The number of carboxylic acid groups (broad SMARTS) is 1. The first kappa shape index (κ1) is 24.8. The van der Waals surface area contributed by atoms with Crippen molar-refractivity contribution < 1.29 is 9.90 Å². The zero-order chi connectivity index (χ0) is 26.6. The fraction of sp³-hybridized carbons (Fsp3) is 0.172. The monoisotopic (exact) mass is 506 g/mol. The van der Waals surface area contributed by atoms with Gasteiger partial charge in [0.15, 0.2) is 0 Å². The van der Waals surface area contributed by atoms with Crippen molar-refractivity contribution >= 4 is 5.97 Å². The number of tetrazole rings is 1. The second-order valence-electron chi connectivity index (χ2n) is 9.00. The first-order valence-electron chi connectivity index (χ1n) is 12.3. The molecule has 0 unspecified atom stereocenters. The fourth-order valence-electron chi connectivity index (χ4n) is 4.59. The van der Waals surface area contributed by atoms with Crippen LogP contribution in [0.3, 0.4) is 0 Å². The lowest BCUT2D eigenvalue weighted by molar-refractivity contribution is 0.0696. The molecule has 5 aromatic rings. The number of aromatic amines is 1. The van der Waals surface area contributed by atoms with Crippen LogP contribution in [0.25, 0.3) is 22.5 Å². The van der Waals surface area contributed by atoms with E-state index in [2.05, 4.69) is 20.6 Å². The molecule has 0 aliphatic rings. The van der Waals surface area contributed by atoms with Crippen molar-refractivity contribution in [1.82, 2.24) is 30.2 Å². The Morgan fingerprint density at radius 2 is 1.74 bits per heavy atom. The molecule has 2 heterocycles. The topological polar surface area (TPSA) is 127 Å². The van der Waals surface area contributed by atoms with Gasteiger partial charge in [-0.2, -0.15) is 5.21 Å². The van der Waals surface area contributed by atoms with Crippen molar-refractivity contribution in [3.63, 3.8) is 0 Å². The molecule has 3 aromatic carbocycles. The maximum atomic E-state index is 13.6. The predicted octanol–water partition coefficient (Wildman–Crippen LogP) is 4.30. The number of rotatable bonds is 8. The van der Waals surface area contributed by atoms with Crippen molar-refractivity contribution in [3.05, 3.63) is 117 Å². The molecular weight excluding hydrogens is 480 g/mol. The molecule has 38 heavy (non-hydrogen) atoms. The van der Waals surface area contributed by atoms with Crippen LogP contribution in [0.2, 0.25) is 0 Å². The fourth-order valence-corrected chi connectivity index (χ4v) is 4.59. The normalized spacial score (nSPS) is 11.0. The molecule has 0 aliphatic carbocycles. The van der Waals surface area contributed by atoms with E-state index in [1.807, 2.05) is 68.4 Å². The summed E-state index contributed by atoms with van der Waals surface area (Å²) in [4.78, 5) is 29.8. The number of aromatic nitrogens is 6. The molecule has 0 fully saturated rings. The van der Waals surface area contributed by atoms with Gasteiger partial charge >= 0.3 is 5.97 Å². The molecule has 0 saturated carbocycles. The average molecular weight is 507 g/mol. The van der Waals surface area contributed by atoms with E-state index >= 15 is 0 Å². The summed E-state index contributed by atoms with van der Waals surface area (Å²) >= 11 is 0. The number of carbonyl (C=O) groups is 1. The van der Waals surface area contributed by atoms with E-state index < -0.39 is 5.97 Å². The van der Waals surface area contributed by atoms with Gasteiger partial charge in [-0.1, -0.05) is 67.6 Å². The smallest absolute Gasteiger partial charge is 0.335 e. The van der Waals surface area contributed by atoms with Gasteiger partial charge in [-0.15, -0.1) is 10.2 Å². The highest BCUT2D eigenvalue weighted by Gasteiger charge is 2.16. The van der Waals surface area contributed by atoms with E-state index in [0.29, 0.717) is 42.3 Å². The maximum Gasteiger partial charge on any atom is 0.335 e. The molecule has 0 aliphatic heterocycles. The first-order chi connectivity index (χ1) is 18.4. The first-order valence-corrected chi connectivity index (χ1v) is 12.3. The zero-order valence-electron chi connectivity index (χ0n) is 21.0. The lowest BCUT2D eigenvalue weighted by Gasteiger charge is -2.16. The van der Waals surface area contributed by atoms with Gasteiger partial charge in [-0.05, 0) is 46.5 Å². The minimum absolute atomic E-state index is 0.110. The van der Waals surface area contributed by atoms with Gasteiger partial charge in [0, 0.05) is 29.7 Å². The summed E-state index contributed by atoms with van der Waals surface area (Å²) < 4.78 is 1.71. The van der Waals surface area contributed by atoms with Crippen molar-refractivity contribution in [2.24, 2.45) is 0 Å². The molecule has 0 amide bonds. The minimum atomic E-state index is -0.996. The number of benzene rings is 3. The lowest BCUT2D eigenvalue weighted by Crippen LogP contribution is -2.30. The van der Waals surface area contributed by atoms with Gasteiger partial charge in [0.25, 0.3) is 5.56 Å². The quantitative estimate of drug-likeness (QED) is 0.321. The number of nitrogens with zero attached hydrogens (tertiary/aromatic N) is 5. The van der Waals surface area contributed by atoms with Gasteiger partial charge in [-0.3, -0.25) is 9.36 Å². The second kappa shape index (κ2) is 10.6. The minimum Gasteiger partial charge on any atom is -0.478 e. The second-order valence-corrected chi connectivity index (χ2v) is 9.00. The Bertz CT molecular complexity index is 1660. The molecule has 190 valence electrons. The molecule has 0 atom stereocenters. The summed E-state index contributed by atoms with van der Waals surface area (Å²) in [6, 6.07) is 22.6. The Kier molecular flexibility index (Phi) is 6.90. The average Bonchev–Trinajstić information content (AvgIpc) is 3.48. The Labute approximate surface area is 218 Å². The summed E-state index contributed by atoms with van der Waals surface area (Å²) in [7, 11) is 0. The summed E-state index contributed by atoms with van der Waals surface area (Å²) in [5.74, 6) is 0.238. The largest absolute Gasteiger partial charge is 0.478 e. The van der Waals surface area contributed by atoms with Crippen molar-refractivity contribution in [3.8, 4) is 22.5 Å². The summed E-state index contributed by atoms with van der Waals surface area (Å²) in [6.07, 6.45) is 0.926. The molecule has 0 spiro atoms. The van der Waals surface area contributed by atoms with Gasteiger partial charge in [0.05, 0.1) is 12.1 Å². The molecule has 0 radical (unpaired) electrons. The third-order valence-electron chi connectivity index (χ3n) is 6.54. The summed E-state index contributed by atoms with van der Waals surface area (Å²) in [5, 5.41) is 23.7. The predicted molar refractivity (Wildman–Crippen MR) is 143 cm³/mol. The Morgan fingerprint density at radius 1 is 0.974 bits per heavy atom. The summed E-state index contributed by atoms with van der Waals surface area (Å²) in [6.45, 7) is 4.19. The standard InChI is InChI=1S/C29H26N6O3/c1-3-26-30-18(2)25(16-20-7-6-8-22(15-20)29(37)38)28(36)35(26)17-19-11-13-21(14-12-19)23-9-4-5-10-24(23)27-31-33-34-32-27/h4-15H,3,16-17H2,1-2H3,(H,37,38)(H,31,32,33,34). The van der Waals surface area contributed by atoms with Crippen molar-refractivity contribution in [2.75, 3.05) is 0 Å². The third-order valence-corrected chi connectivity index (χ3v) is 6.54. The van der Waals surface area contributed by atoms with E-state index in [1.165, 1.54) is 0 Å². The SMILES string of the molecule is CCc1nc(C)c(Cc2cccc(C(=O)O)c2)c(=O)n1Cc1ccc(-c2ccccc2-c2nn[nH]n2)cc1. The zero-order valence-corrected chi connectivity index (χ0v) is 21.0. The van der Waals surface area contributed by atoms with Crippen molar-refractivity contribution in [2.45, 2.75) is 33.2 Å². The Morgan fingerprint density at radius 3 is 2.42 bits per heavy atom. The van der Waals surface area contributed by atoms with Crippen LogP contribution in [-0.2, 0) is 19.4 Å². The van der Waals surface area contributed by atoms with Gasteiger partial charge < -0.3 is 5.11 Å². The van der Waals surface area contributed by atoms with Crippen LogP contribution in [0.15, 0.2) is 77.6 Å². The molecular formula is C29H26N6O3.